The highest BCUT2D eigenvalue weighted by Crippen LogP contribution is 2.33. The van der Waals surface area contributed by atoms with Crippen LogP contribution in [0.25, 0.3) is 0 Å². The van der Waals surface area contributed by atoms with Gasteiger partial charge in [-0.05, 0) is 43.3 Å². The van der Waals surface area contributed by atoms with E-state index < -0.39 is 17.8 Å². The van der Waals surface area contributed by atoms with Gasteiger partial charge in [0.05, 0.1) is 11.6 Å². The average molecular weight is 295 g/mol. The Labute approximate surface area is 121 Å². The van der Waals surface area contributed by atoms with Gasteiger partial charge in [0.25, 0.3) is 0 Å². The summed E-state index contributed by atoms with van der Waals surface area (Å²) in [5.41, 5.74) is 7.27. The molecule has 0 amide bonds. The Morgan fingerprint density at radius 3 is 2.52 bits per heavy atom. The van der Waals surface area contributed by atoms with Crippen molar-refractivity contribution in [3.63, 3.8) is 0 Å². The van der Waals surface area contributed by atoms with Crippen LogP contribution in [0, 0.1) is 6.92 Å². The fourth-order valence-electron chi connectivity index (χ4n) is 2.34. The molecule has 6 heteroatoms. The number of halogens is 3. The fraction of sp³-hybridized carbons (Fsp3) is 0.267. The first-order valence-electron chi connectivity index (χ1n) is 6.40. The van der Waals surface area contributed by atoms with E-state index in [9.17, 15) is 13.2 Å². The predicted octanol–water partition coefficient (Wildman–Crippen LogP) is 3.30. The van der Waals surface area contributed by atoms with Gasteiger partial charge in [0.1, 0.15) is 5.82 Å². The van der Waals surface area contributed by atoms with Crippen LogP contribution in [-0.4, -0.2) is 12.0 Å². The largest absolute Gasteiger partial charge is 0.416 e. The molecule has 0 aliphatic carbocycles. The lowest BCUT2D eigenvalue weighted by Crippen LogP contribution is -2.21. The van der Waals surface area contributed by atoms with Gasteiger partial charge in [0, 0.05) is 11.8 Å². The Balaban J connectivity index is 2.52. The van der Waals surface area contributed by atoms with Gasteiger partial charge in [-0.2, -0.15) is 13.2 Å². The fourth-order valence-corrected chi connectivity index (χ4v) is 2.34. The summed E-state index contributed by atoms with van der Waals surface area (Å²) in [6.45, 7) is 1.85. The Kier molecular flexibility index (Phi) is 4.18. The molecule has 2 rings (SSSR count). The van der Waals surface area contributed by atoms with Crippen LogP contribution in [0.3, 0.4) is 0 Å². The zero-order chi connectivity index (χ0) is 15.6. The number of rotatable bonds is 3. The molecule has 0 saturated carbocycles. The molecular formula is C15H16F3N3. The Hall–Kier alpha value is -2.08. The summed E-state index contributed by atoms with van der Waals surface area (Å²) in [6.07, 6.45) is -2.79. The van der Waals surface area contributed by atoms with Gasteiger partial charge in [-0.1, -0.05) is 12.1 Å². The number of nitrogen functional groups attached to an aromatic ring is 1. The molecule has 0 bridgehead atoms. The maximum absolute atomic E-state index is 12.8. The number of pyridine rings is 1. The van der Waals surface area contributed by atoms with Crippen LogP contribution in [0.4, 0.5) is 19.0 Å². The number of hydrogen-bond acceptors (Lipinski definition) is 3. The number of hydrogen-bond donors (Lipinski definition) is 2. The number of alkyl halides is 3. The molecule has 1 aromatic heterocycles. The highest BCUT2D eigenvalue weighted by Gasteiger charge is 2.31. The first kappa shape index (κ1) is 15.3. The lowest BCUT2D eigenvalue weighted by atomic mass is 9.94. The third-order valence-electron chi connectivity index (χ3n) is 3.36. The maximum atomic E-state index is 12.8. The van der Waals surface area contributed by atoms with E-state index in [1.807, 2.05) is 6.92 Å². The van der Waals surface area contributed by atoms with Crippen molar-refractivity contribution in [1.29, 1.82) is 0 Å². The van der Waals surface area contributed by atoms with E-state index >= 15 is 0 Å². The number of anilines is 1. The molecule has 112 valence electrons. The van der Waals surface area contributed by atoms with Gasteiger partial charge in [0.2, 0.25) is 0 Å². The molecule has 0 spiro atoms. The van der Waals surface area contributed by atoms with Crippen molar-refractivity contribution in [3.8, 4) is 0 Å². The first-order valence-corrected chi connectivity index (χ1v) is 6.40. The van der Waals surface area contributed by atoms with Crippen LogP contribution in [0.5, 0.6) is 0 Å². The normalized spacial score (nSPS) is 13.2. The second-order valence-corrected chi connectivity index (χ2v) is 4.77. The topological polar surface area (TPSA) is 50.9 Å². The lowest BCUT2D eigenvalue weighted by molar-refractivity contribution is -0.137. The molecule has 0 aliphatic heterocycles. The van der Waals surface area contributed by atoms with Crippen molar-refractivity contribution < 1.29 is 13.2 Å². The smallest absolute Gasteiger partial charge is 0.383 e. The Morgan fingerprint density at radius 2 is 1.95 bits per heavy atom. The Morgan fingerprint density at radius 1 is 1.24 bits per heavy atom. The first-order chi connectivity index (χ1) is 9.84. The van der Waals surface area contributed by atoms with Crippen LogP contribution in [-0.2, 0) is 6.18 Å². The summed E-state index contributed by atoms with van der Waals surface area (Å²) in [5, 5.41) is 3.01. The van der Waals surface area contributed by atoms with Crippen LogP contribution >= 0.6 is 0 Å². The average Bonchev–Trinajstić information content (AvgIpc) is 2.42. The highest BCUT2D eigenvalue weighted by molar-refractivity contribution is 5.50. The summed E-state index contributed by atoms with van der Waals surface area (Å²) in [7, 11) is 1.68. The van der Waals surface area contributed by atoms with E-state index in [1.165, 1.54) is 6.07 Å². The van der Waals surface area contributed by atoms with E-state index in [0.717, 1.165) is 17.7 Å². The summed E-state index contributed by atoms with van der Waals surface area (Å²) >= 11 is 0. The van der Waals surface area contributed by atoms with Crippen molar-refractivity contribution in [3.05, 3.63) is 58.8 Å². The second-order valence-electron chi connectivity index (χ2n) is 4.77. The van der Waals surface area contributed by atoms with Crippen LogP contribution < -0.4 is 11.1 Å². The zero-order valence-electron chi connectivity index (χ0n) is 11.7. The molecule has 0 aliphatic rings. The van der Waals surface area contributed by atoms with Gasteiger partial charge in [-0.15, -0.1) is 0 Å². The standard InChI is InChI=1S/C15H16F3N3/c1-9-6-7-21-14(19)12(9)13(20-2)10-4-3-5-11(8-10)15(16,17)18/h3-8,13,20H,1-2H3,(H2,19,21). The van der Waals surface area contributed by atoms with Crippen LogP contribution in [0.1, 0.15) is 28.3 Å². The third kappa shape index (κ3) is 3.16. The molecule has 1 unspecified atom stereocenters. The van der Waals surface area contributed by atoms with Crippen molar-refractivity contribution >= 4 is 5.82 Å². The summed E-state index contributed by atoms with van der Waals surface area (Å²) < 4.78 is 38.5. The van der Waals surface area contributed by atoms with E-state index in [1.54, 1.807) is 25.4 Å². The molecule has 2 aromatic rings. The molecule has 1 heterocycles. The number of benzene rings is 1. The molecular weight excluding hydrogens is 279 g/mol. The summed E-state index contributed by atoms with van der Waals surface area (Å²) in [4.78, 5) is 4.02. The van der Waals surface area contributed by atoms with Crippen molar-refractivity contribution in [2.45, 2.75) is 19.1 Å². The van der Waals surface area contributed by atoms with Crippen LogP contribution in [0.15, 0.2) is 36.5 Å². The third-order valence-corrected chi connectivity index (χ3v) is 3.36. The van der Waals surface area contributed by atoms with Gasteiger partial charge in [-0.3, -0.25) is 0 Å². The van der Waals surface area contributed by atoms with Gasteiger partial charge in [0.15, 0.2) is 0 Å². The monoisotopic (exact) mass is 295 g/mol. The van der Waals surface area contributed by atoms with Gasteiger partial charge < -0.3 is 11.1 Å². The molecule has 1 atom stereocenters. The molecule has 1 aromatic carbocycles. The second kappa shape index (κ2) is 5.73. The number of aryl methyl sites for hydroxylation is 1. The number of nitrogens with two attached hydrogens (primary N) is 1. The van der Waals surface area contributed by atoms with Gasteiger partial charge in [-0.25, -0.2) is 4.98 Å². The van der Waals surface area contributed by atoms with Gasteiger partial charge >= 0.3 is 6.18 Å². The van der Waals surface area contributed by atoms with E-state index in [2.05, 4.69) is 10.3 Å². The number of aromatic nitrogens is 1. The summed E-state index contributed by atoms with van der Waals surface area (Å²) in [6, 6.07) is 6.56. The molecule has 0 fully saturated rings. The van der Waals surface area contributed by atoms with Crippen molar-refractivity contribution in [2.75, 3.05) is 12.8 Å². The SMILES string of the molecule is CNC(c1cccc(C(F)(F)F)c1)c1c(C)ccnc1N. The van der Waals surface area contributed by atoms with Crippen molar-refractivity contribution in [1.82, 2.24) is 10.3 Å². The quantitative estimate of drug-likeness (QED) is 0.913. The number of nitrogens with one attached hydrogen (secondary N) is 1. The molecule has 3 N–H and O–H groups in total. The molecule has 0 radical (unpaired) electrons. The highest BCUT2D eigenvalue weighted by atomic mass is 19.4. The van der Waals surface area contributed by atoms with E-state index in [4.69, 9.17) is 5.73 Å². The summed E-state index contributed by atoms with van der Waals surface area (Å²) in [5.74, 6) is 0.312. The minimum atomic E-state index is -4.37. The van der Waals surface area contributed by atoms with E-state index in [-0.39, 0.29) is 0 Å². The van der Waals surface area contributed by atoms with E-state index in [0.29, 0.717) is 16.9 Å². The maximum Gasteiger partial charge on any atom is 0.416 e. The molecule has 3 nitrogen and oxygen atoms in total. The molecule has 0 saturated heterocycles. The zero-order valence-corrected chi connectivity index (χ0v) is 11.7. The minimum Gasteiger partial charge on any atom is -0.383 e. The molecule has 21 heavy (non-hydrogen) atoms. The number of nitrogens with zero attached hydrogens (tertiary/aromatic N) is 1. The predicted molar refractivity (Wildman–Crippen MR) is 75.7 cm³/mol. The van der Waals surface area contributed by atoms with Crippen molar-refractivity contribution in [2.24, 2.45) is 0 Å². The van der Waals surface area contributed by atoms with Crippen LogP contribution in [0.2, 0.25) is 0 Å². The Bertz CT molecular complexity index is 618. The lowest BCUT2D eigenvalue weighted by Gasteiger charge is -2.21. The minimum absolute atomic E-state index is 0.312.